The van der Waals surface area contributed by atoms with Crippen molar-refractivity contribution >= 4 is 34.4 Å². The minimum atomic E-state index is -0.288. The van der Waals surface area contributed by atoms with Crippen molar-refractivity contribution < 1.29 is 9.53 Å². The molecule has 0 bridgehead atoms. The Kier molecular flexibility index (Phi) is 3.68. The number of aryl methyl sites for hydroxylation is 1. The summed E-state index contributed by atoms with van der Waals surface area (Å²) in [7, 11) is 3.42. The Morgan fingerprint density at radius 2 is 2.05 bits per heavy atom. The van der Waals surface area contributed by atoms with Crippen LogP contribution in [0, 0.1) is 0 Å². The zero-order chi connectivity index (χ0) is 15.7. The van der Waals surface area contributed by atoms with Gasteiger partial charge in [-0.15, -0.1) is 0 Å². The lowest BCUT2D eigenvalue weighted by atomic mass is 10.2. The molecule has 0 saturated carbocycles. The summed E-state index contributed by atoms with van der Waals surface area (Å²) in [5, 5.41) is 3.03. The number of rotatable bonds is 3. The summed E-state index contributed by atoms with van der Waals surface area (Å²) in [5.74, 6) is 0.734. The number of methoxy groups -OCH3 is 1. The molecule has 0 aliphatic carbocycles. The fourth-order valence-corrected chi connectivity index (χ4v) is 2.29. The molecule has 3 rings (SSSR count). The highest BCUT2D eigenvalue weighted by Gasteiger charge is 2.13. The summed E-state index contributed by atoms with van der Waals surface area (Å²) in [4.78, 5) is 20.7. The third-order valence-corrected chi connectivity index (χ3v) is 3.46. The minimum absolute atomic E-state index is 0.288. The van der Waals surface area contributed by atoms with E-state index >= 15 is 0 Å². The highest BCUT2D eigenvalue weighted by molar-refractivity contribution is 6.30. The van der Waals surface area contributed by atoms with Gasteiger partial charge in [0, 0.05) is 18.7 Å². The van der Waals surface area contributed by atoms with Crippen molar-refractivity contribution in [1.29, 1.82) is 0 Å². The normalized spacial score (nSPS) is 10.7. The van der Waals surface area contributed by atoms with Crippen LogP contribution in [0.25, 0.3) is 11.0 Å². The number of imidazole rings is 1. The molecular formula is C15H13ClN4O2. The van der Waals surface area contributed by atoms with Crippen molar-refractivity contribution in [1.82, 2.24) is 14.5 Å². The molecule has 0 radical (unpaired) electrons. The second-order valence-corrected chi connectivity index (χ2v) is 5.09. The first kappa shape index (κ1) is 14.3. The largest absolute Gasteiger partial charge is 0.497 e. The third kappa shape index (κ3) is 2.60. The number of ether oxygens (including phenoxy) is 1. The van der Waals surface area contributed by atoms with Gasteiger partial charge in [-0.1, -0.05) is 11.6 Å². The van der Waals surface area contributed by atoms with Crippen molar-refractivity contribution in [3.8, 4) is 5.75 Å². The van der Waals surface area contributed by atoms with Gasteiger partial charge in [-0.25, -0.2) is 9.97 Å². The van der Waals surface area contributed by atoms with Crippen LogP contribution in [0.15, 0.2) is 36.7 Å². The van der Waals surface area contributed by atoms with Crippen LogP contribution in [0.1, 0.15) is 10.4 Å². The number of halogens is 1. The predicted octanol–water partition coefficient (Wildman–Crippen LogP) is 2.88. The first-order chi connectivity index (χ1) is 10.6. The molecule has 6 nitrogen and oxygen atoms in total. The van der Waals surface area contributed by atoms with E-state index in [1.165, 1.54) is 0 Å². The maximum atomic E-state index is 12.3. The number of amides is 1. The number of hydrogen-bond acceptors (Lipinski definition) is 4. The highest BCUT2D eigenvalue weighted by Crippen LogP contribution is 2.23. The second-order valence-electron chi connectivity index (χ2n) is 4.70. The lowest BCUT2D eigenvalue weighted by molar-refractivity contribution is 0.102. The quantitative estimate of drug-likeness (QED) is 0.754. The summed E-state index contributed by atoms with van der Waals surface area (Å²) in [6, 6.07) is 8.49. The first-order valence-electron chi connectivity index (χ1n) is 6.51. The van der Waals surface area contributed by atoms with Gasteiger partial charge in [-0.2, -0.15) is 0 Å². The molecule has 0 spiro atoms. The summed E-state index contributed by atoms with van der Waals surface area (Å²) in [6.45, 7) is 0. The fraction of sp³-hybridized carbons (Fsp3) is 0.133. The molecule has 7 heteroatoms. The van der Waals surface area contributed by atoms with Crippen LogP contribution >= 0.6 is 11.6 Å². The van der Waals surface area contributed by atoms with E-state index in [0.717, 1.165) is 5.52 Å². The minimum Gasteiger partial charge on any atom is -0.497 e. The number of carbonyl (C=O) groups excluding carboxylic acids is 1. The Hall–Kier alpha value is -2.60. The van der Waals surface area contributed by atoms with E-state index in [0.29, 0.717) is 27.8 Å². The second kappa shape index (κ2) is 5.65. The molecule has 1 amide bonds. The maximum absolute atomic E-state index is 12.3. The van der Waals surface area contributed by atoms with E-state index in [1.807, 2.05) is 11.6 Å². The first-order valence-corrected chi connectivity index (χ1v) is 6.89. The fourth-order valence-electron chi connectivity index (χ4n) is 2.11. The molecule has 0 saturated heterocycles. The summed E-state index contributed by atoms with van der Waals surface area (Å²) in [5.41, 5.74) is 1.88. The summed E-state index contributed by atoms with van der Waals surface area (Å²) in [6.07, 6.45) is 1.64. The lowest BCUT2D eigenvalue weighted by Crippen LogP contribution is -2.13. The lowest BCUT2D eigenvalue weighted by Gasteiger charge is -2.07. The van der Waals surface area contributed by atoms with Gasteiger partial charge >= 0.3 is 0 Å². The Morgan fingerprint density at radius 3 is 2.73 bits per heavy atom. The van der Waals surface area contributed by atoms with Gasteiger partial charge in [0.25, 0.3) is 5.91 Å². The SMILES string of the molecule is COc1ccc(C(=O)Nc2nc(Cl)cc3c2ncn3C)cc1. The molecular weight excluding hydrogens is 304 g/mol. The van der Waals surface area contributed by atoms with E-state index in [1.54, 1.807) is 43.8 Å². The molecule has 112 valence electrons. The van der Waals surface area contributed by atoms with E-state index in [-0.39, 0.29) is 5.91 Å². The summed E-state index contributed by atoms with van der Waals surface area (Å²) >= 11 is 6.00. The van der Waals surface area contributed by atoms with Gasteiger partial charge in [0.2, 0.25) is 0 Å². The van der Waals surface area contributed by atoms with Crippen LogP contribution in [0.5, 0.6) is 5.75 Å². The molecule has 0 fully saturated rings. The summed E-state index contributed by atoms with van der Waals surface area (Å²) < 4.78 is 6.88. The monoisotopic (exact) mass is 316 g/mol. The van der Waals surface area contributed by atoms with Crippen molar-refractivity contribution in [3.63, 3.8) is 0 Å². The Labute approximate surface area is 131 Å². The van der Waals surface area contributed by atoms with E-state index in [4.69, 9.17) is 16.3 Å². The number of hydrogen-bond donors (Lipinski definition) is 1. The van der Waals surface area contributed by atoms with Gasteiger partial charge in [0.15, 0.2) is 5.82 Å². The Morgan fingerprint density at radius 1 is 1.32 bits per heavy atom. The van der Waals surface area contributed by atoms with Gasteiger partial charge < -0.3 is 14.6 Å². The third-order valence-electron chi connectivity index (χ3n) is 3.27. The predicted molar refractivity (Wildman–Crippen MR) is 84.5 cm³/mol. The van der Waals surface area contributed by atoms with Crippen molar-refractivity contribution in [3.05, 3.63) is 47.4 Å². The molecule has 0 unspecified atom stereocenters. The number of aromatic nitrogens is 3. The molecule has 1 aromatic carbocycles. The number of carbonyl (C=O) groups is 1. The van der Waals surface area contributed by atoms with E-state index in [2.05, 4.69) is 15.3 Å². The average molecular weight is 317 g/mol. The zero-order valence-electron chi connectivity index (χ0n) is 12.0. The smallest absolute Gasteiger partial charge is 0.256 e. The molecule has 0 atom stereocenters. The van der Waals surface area contributed by atoms with Crippen LogP contribution < -0.4 is 10.1 Å². The zero-order valence-corrected chi connectivity index (χ0v) is 12.8. The van der Waals surface area contributed by atoms with Crippen LogP contribution in [0.2, 0.25) is 5.15 Å². The van der Waals surface area contributed by atoms with Crippen molar-refractivity contribution in [2.75, 3.05) is 12.4 Å². The number of anilines is 1. The van der Waals surface area contributed by atoms with E-state index < -0.39 is 0 Å². The number of pyridine rings is 1. The van der Waals surface area contributed by atoms with Gasteiger partial charge in [0.05, 0.1) is 19.0 Å². The standard InChI is InChI=1S/C15H13ClN4O2/c1-20-8-17-13-11(20)7-12(16)18-14(13)19-15(21)9-3-5-10(22-2)6-4-9/h3-8H,1-2H3,(H,18,19,21). The number of benzene rings is 1. The maximum Gasteiger partial charge on any atom is 0.256 e. The topological polar surface area (TPSA) is 69.0 Å². The van der Waals surface area contributed by atoms with Crippen LogP contribution in [-0.2, 0) is 7.05 Å². The molecule has 2 heterocycles. The van der Waals surface area contributed by atoms with Crippen LogP contribution in [0.3, 0.4) is 0 Å². The highest BCUT2D eigenvalue weighted by atomic mass is 35.5. The van der Waals surface area contributed by atoms with E-state index in [9.17, 15) is 4.79 Å². The van der Waals surface area contributed by atoms with Gasteiger partial charge in [-0.3, -0.25) is 4.79 Å². The van der Waals surface area contributed by atoms with Gasteiger partial charge in [-0.05, 0) is 24.3 Å². The molecule has 22 heavy (non-hydrogen) atoms. The number of fused-ring (bicyclic) bond motifs is 1. The molecule has 0 aliphatic rings. The van der Waals surface area contributed by atoms with Crippen molar-refractivity contribution in [2.45, 2.75) is 0 Å². The number of nitrogens with zero attached hydrogens (tertiary/aromatic N) is 3. The molecule has 2 aromatic heterocycles. The average Bonchev–Trinajstić information content (AvgIpc) is 2.89. The number of nitrogens with one attached hydrogen (secondary N) is 1. The van der Waals surface area contributed by atoms with Crippen LogP contribution in [-0.4, -0.2) is 27.6 Å². The molecule has 0 aliphatic heterocycles. The Balaban J connectivity index is 1.93. The van der Waals surface area contributed by atoms with Gasteiger partial charge in [0.1, 0.15) is 16.4 Å². The molecule has 1 N–H and O–H groups in total. The van der Waals surface area contributed by atoms with Crippen LogP contribution in [0.4, 0.5) is 5.82 Å². The Bertz CT molecular complexity index is 843. The van der Waals surface area contributed by atoms with Crippen molar-refractivity contribution in [2.24, 2.45) is 7.05 Å². The molecule has 3 aromatic rings.